The van der Waals surface area contributed by atoms with E-state index in [2.05, 4.69) is 5.32 Å². The molecule has 0 fully saturated rings. The van der Waals surface area contributed by atoms with Crippen LogP contribution in [0, 0.1) is 0 Å². The third kappa shape index (κ3) is 3.27. The molecule has 0 aliphatic rings. The lowest BCUT2D eigenvalue weighted by atomic mass is 10.2. The van der Waals surface area contributed by atoms with Crippen LogP contribution in [0.4, 0.5) is 10.5 Å². The number of carboxylic acid groups (broad SMARTS) is 1. The second kappa shape index (κ2) is 5.13. The summed E-state index contributed by atoms with van der Waals surface area (Å²) in [6.45, 7) is 5.34. The molecule has 5 nitrogen and oxygen atoms in total. The first-order chi connectivity index (χ1) is 9.26. The van der Waals surface area contributed by atoms with Gasteiger partial charge < -0.3 is 9.84 Å². The van der Waals surface area contributed by atoms with E-state index in [1.54, 1.807) is 45.0 Å². The molecule has 0 radical (unpaired) electrons. The number of hydrogen-bond donors (Lipinski definition) is 2. The second-order valence-electron chi connectivity index (χ2n) is 5.27. The summed E-state index contributed by atoms with van der Waals surface area (Å²) in [4.78, 5) is 23.0. The highest BCUT2D eigenvalue weighted by atomic mass is 32.1. The standard InChI is InChI=1S/C14H15NO4S/c1-14(2,3)19-13(18)15-9-6-4-5-8-7-10(12(16)17)20-11(8)9/h4-7H,1-3H3,(H,15,18)(H,16,17). The first-order valence-electron chi connectivity index (χ1n) is 6.02. The first kappa shape index (κ1) is 14.3. The van der Waals surface area contributed by atoms with Crippen molar-refractivity contribution >= 4 is 39.2 Å². The van der Waals surface area contributed by atoms with Gasteiger partial charge in [0.25, 0.3) is 0 Å². The Bertz CT molecular complexity index is 669. The third-order valence-electron chi connectivity index (χ3n) is 2.39. The summed E-state index contributed by atoms with van der Waals surface area (Å²) < 4.78 is 5.90. The minimum Gasteiger partial charge on any atom is -0.477 e. The average molecular weight is 293 g/mol. The van der Waals surface area contributed by atoms with Crippen molar-refractivity contribution in [3.63, 3.8) is 0 Å². The topological polar surface area (TPSA) is 75.6 Å². The van der Waals surface area contributed by atoms with Crippen LogP contribution in [0.1, 0.15) is 30.4 Å². The number of hydrogen-bond acceptors (Lipinski definition) is 4. The van der Waals surface area contributed by atoms with Crippen molar-refractivity contribution < 1.29 is 19.4 Å². The Balaban J connectivity index is 2.30. The molecule has 0 saturated carbocycles. The molecule has 2 N–H and O–H groups in total. The molecule has 0 aliphatic heterocycles. The number of carbonyl (C=O) groups excluding carboxylic acids is 1. The Morgan fingerprint density at radius 2 is 2.00 bits per heavy atom. The van der Waals surface area contributed by atoms with Gasteiger partial charge in [0.05, 0.1) is 10.4 Å². The predicted molar refractivity (Wildman–Crippen MR) is 78.6 cm³/mol. The van der Waals surface area contributed by atoms with Crippen LogP contribution < -0.4 is 5.32 Å². The Hall–Kier alpha value is -2.08. The molecule has 0 saturated heterocycles. The maximum absolute atomic E-state index is 11.8. The lowest BCUT2D eigenvalue weighted by Gasteiger charge is -2.19. The number of thiophene rings is 1. The number of amides is 1. The lowest BCUT2D eigenvalue weighted by Crippen LogP contribution is -2.27. The predicted octanol–water partition coefficient (Wildman–Crippen LogP) is 3.95. The number of aromatic carboxylic acids is 1. The Labute approximate surface area is 120 Å². The summed E-state index contributed by atoms with van der Waals surface area (Å²) in [7, 11) is 0. The van der Waals surface area contributed by atoms with Gasteiger partial charge in [-0.15, -0.1) is 11.3 Å². The van der Waals surface area contributed by atoms with Gasteiger partial charge in [0.2, 0.25) is 0 Å². The van der Waals surface area contributed by atoms with E-state index in [0.29, 0.717) is 5.69 Å². The number of ether oxygens (including phenoxy) is 1. The van der Waals surface area contributed by atoms with Gasteiger partial charge in [-0.05, 0) is 38.3 Å². The number of fused-ring (bicyclic) bond motifs is 1. The van der Waals surface area contributed by atoms with E-state index in [4.69, 9.17) is 9.84 Å². The average Bonchev–Trinajstić information content (AvgIpc) is 2.71. The normalized spacial score (nSPS) is 11.3. The summed E-state index contributed by atoms with van der Waals surface area (Å²) in [6, 6.07) is 6.86. The summed E-state index contributed by atoms with van der Waals surface area (Å²) >= 11 is 1.12. The highest BCUT2D eigenvalue weighted by Gasteiger charge is 2.18. The number of carbonyl (C=O) groups is 2. The van der Waals surface area contributed by atoms with Crippen molar-refractivity contribution in [2.24, 2.45) is 0 Å². The fourth-order valence-electron chi connectivity index (χ4n) is 1.68. The van der Waals surface area contributed by atoms with Crippen LogP contribution in [-0.4, -0.2) is 22.8 Å². The summed E-state index contributed by atoms with van der Waals surface area (Å²) in [5.41, 5.74) is -0.0334. The number of rotatable bonds is 2. The summed E-state index contributed by atoms with van der Waals surface area (Å²) in [6.07, 6.45) is -0.560. The molecule has 0 atom stereocenters. The van der Waals surface area contributed by atoms with Gasteiger partial charge in [0, 0.05) is 0 Å². The van der Waals surface area contributed by atoms with Gasteiger partial charge in [-0.3, -0.25) is 5.32 Å². The van der Waals surface area contributed by atoms with Crippen molar-refractivity contribution in [1.82, 2.24) is 0 Å². The fraction of sp³-hybridized carbons (Fsp3) is 0.286. The largest absolute Gasteiger partial charge is 0.477 e. The molecule has 20 heavy (non-hydrogen) atoms. The number of anilines is 1. The zero-order valence-corrected chi connectivity index (χ0v) is 12.2. The zero-order valence-electron chi connectivity index (χ0n) is 11.4. The molecule has 1 amide bonds. The Morgan fingerprint density at radius 3 is 2.60 bits per heavy atom. The van der Waals surface area contributed by atoms with E-state index in [0.717, 1.165) is 21.4 Å². The van der Waals surface area contributed by atoms with Crippen LogP contribution in [0.25, 0.3) is 10.1 Å². The van der Waals surface area contributed by atoms with E-state index in [-0.39, 0.29) is 4.88 Å². The van der Waals surface area contributed by atoms with E-state index < -0.39 is 17.7 Å². The van der Waals surface area contributed by atoms with Gasteiger partial charge in [-0.25, -0.2) is 9.59 Å². The van der Waals surface area contributed by atoms with Gasteiger partial charge in [0.15, 0.2) is 0 Å². The van der Waals surface area contributed by atoms with Crippen LogP contribution in [0.2, 0.25) is 0 Å². The minimum absolute atomic E-state index is 0.235. The zero-order chi connectivity index (χ0) is 14.9. The van der Waals surface area contributed by atoms with Gasteiger partial charge >= 0.3 is 12.1 Å². The number of carboxylic acids is 1. The monoisotopic (exact) mass is 293 g/mol. The number of benzene rings is 1. The molecule has 0 spiro atoms. The molecular weight excluding hydrogens is 278 g/mol. The molecule has 106 valence electrons. The summed E-state index contributed by atoms with van der Waals surface area (Å²) in [5, 5.41) is 12.4. The van der Waals surface area contributed by atoms with Crippen molar-refractivity contribution in [2.75, 3.05) is 5.32 Å². The van der Waals surface area contributed by atoms with E-state index >= 15 is 0 Å². The highest BCUT2D eigenvalue weighted by Crippen LogP contribution is 2.32. The van der Waals surface area contributed by atoms with Crippen molar-refractivity contribution in [1.29, 1.82) is 0 Å². The van der Waals surface area contributed by atoms with Gasteiger partial charge in [0.1, 0.15) is 10.5 Å². The van der Waals surface area contributed by atoms with E-state index in [1.165, 1.54) is 0 Å². The first-order valence-corrected chi connectivity index (χ1v) is 6.84. The van der Waals surface area contributed by atoms with Crippen molar-refractivity contribution in [3.8, 4) is 0 Å². The van der Waals surface area contributed by atoms with Gasteiger partial charge in [-0.1, -0.05) is 12.1 Å². The molecule has 0 unspecified atom stereocenters. The maximum atomic E-state index is 11.8. The Morgan fingerprint density at radius 1 is 1.30 bits per heavy atom. The van der Waals surface area contributed by atoms with Crippen LogP contribution in [0.3, 0.4) is 0 Å². The molecule has 1 aromatic carbocycles. The highest BCUT2D eigenvalue weighted by molar-refractivity contribution is 7.21. The molecule has 1 aromatic heterocycles. The molecule has 6 heteroatoms. The quantitative estimate of drug-likeness (QED) is 0.879. The number of nitrogens with one attached hydrogen (secondary N) is 1. The SMILES string of the molecule is CC(C)(C)OC(=O)Nc1cccc2cc(C(=O)O)sc12. The molecule has 0 bridgehead atoms. The van der Waals surface area contributed by atoms with Gasteiger partial charge in [-0.2, -0.15) is 0 Å². The fourth-order valence-corrected chi connectivity index (χ4v) is 2.65. The molecule has 1 heterocycles. The molecular formula is C14H15NO4S. The smallest absolute Gasteiger partial charge is 0.412 e. The Kier molecular flexibility index (Phi) is 3.67. The molecule has 0 aliphatic carbocycles. The van der Waals surface area contributed by atoms with E-state index in [1.807, 2.05) is 0 Å². The van der Waals surface area contributed by atoms with Crippen LogP contribution in [-0.2, 0) is 4.74 Å². The summed E-state index contributed by atoms with van der Waals surface area (Å²) in [5.74, 6) is -0.977. The van der Waals surface area contributed by atoms with Crippen molar-refractivity contribution in [3.05, 3.63) is 29.1 Å². The second-order valence-corrected chi connectivity index (χ2v) is 6.32. The minimum atomic E-state index is -0.977. The third-order valence-corrected chi connectivity index (χ3v) is 3.56. The molecule has 2 aromatic rings. The van der Waals surface area contributed by atoms with Crippen molar-refractivity contribution in [2.45, 2.75) is 26.4 Å². The lowest BCUT2D eigenvalue weighted by molar-refractivity contribution is 0.0634. The van der Waals surface area contributed by atoms with Crippen LogP contribution >= 0.6 is 11.3 Å². The van der Waals surface area contributed by atoms with Crippen LogP contribution in [0.15, 0.2) is 24.3 Å². The van der Waals surface area contributed by atoms with E-state index in [9.17, 15) is 9.59 Å². The maximum Gasteiger partial charge on any atom is 0.412 e. The van der Waals surface area contributed by atoms with Crippen LogP contribution in [0.5, 0.6) is 0 Å². The molecule has 2 rings (SSSR count).